The van der Waals surface area contributed by atoms with Crippen LogP contribution in [-0.4, -0.2) is 25.0 Å². The third kappa shape index (κ3) is 5.83. The Kier molecular flexibility index (Phi) is 6.49. The van der Waals surface area contributed by atoms with E-state index in [4.69, 9.17) is 4.74 Å². The minimum atomic E-state index is -0.369. The van der Waals surface area contributed by atoms with Crippen molar-refractivity contribution in [2.24, 2.45) is 0 Å². The van der Waals surface area contributed by atoms with Crippen molar-refractivity contribution in [1.82, 2.24) is 5.32 Å². The number of halogens is 2. The van der Waals surface area contributed by atoms with Gasteiger partial charge in [0.25, 0.3) is 0 Å². The van der Waals surface area contributed by atoms with Gasteiger partial charge < -0.3 is 10.1 Å². The van der Waals surface area contributed by atoms with E-state index in [9.17, 15) is 14.0 Å². The number of nitrogens with one attached hydrogen (secondary N) is 1. The van der Waals surface area contributed by atoms with E-state index >= 15 is 0 Å². The van der Waals surface area contributed by atoms with Crippen LogP contribution < -0.4 is 5.32 Å². The van der Waals surface area contributed by atoms with Gasteiger partial charge in [-0.1, -0.05) is 6.07 Å². The van der Waals surface area contributed by atoms with Gasteiger partial charge in [-0.2, -0.15) is 0 Å². The van der Waals surface area contributed by atoms with Gasteiger partial charge in [-0.05, 0) is 40.5 Å². The Morgan fingerprint density at radius 3 is 2.79 bits per heavy atom. The van der Waals surface area contributed by atoms with Gasteiger partial charge in [0.1, 0.15) is 5.82 Å². The molecule has 1 N–H and O–H groups in total. The fourth-order valence-electron chi connectivity index (χ4n) is 1.43. The maximum absolute atomic E-state index is 13.0. The zero-order valence-electron chi connectivity index (χ0n) is 10.5. The number of hydrogen-bond acceptors (Lipinski definition) is 3. The van der Waals surface area contributed by atoms with Gasteiger partial charge in [0, 0.05) is 6.54 Å². The minimum absolute atomic E-state index is 0.141. The van der Waals surface area contributed by atoms with Crippen molar-refractivity contribution in [3.05, 3.63) is 34.1 Å². The molecule has 0 aliphatic carbocycles. The Hall–Kier alpha value is -1.43. The Balaban J connectivity index is 2.35. The quantitative estimate of drug-likeness (QED) is 0.813. The first-order valence-corrected chi connectivity index (χ1v) is 6.68. The molecule has 0 spiro atoms. The molecule has 1 aromatic carbocycles. The van der Waals surface area contributed by atoms with Crippen LogP contribution in [0.25, 0.3) is 0 Å². The number of esters is 1. The van der Waals surface area contributed by atoms with Crippen LogP contribution in [0, 0.1) is 5.82 Å². The highest BCUT2D eigenvalue weighted by Gasteiger charge is 2.07. The molecule has 0 aromatic heterocycles. The van der Waals surface area contributed by atoms with Crippen molar-refractivity contribution in [1.29, 1.82) is 0 Å². The lowest BCUT2D eigenvalue weighted by Gasteiger charge is -2.06. The summed E-state index contributed by atoms with van der Waals surface area (Å²) in [6.07, 6.45) is 0.286. The summed E-state index contributed by atoms with van der Waals surface area (Å²) >= 11 is 3.06. The Bertz CT molecular complexity index is 465. The van der Waals surface area contributed by atoms with Gasteiger partial charge in [0.05, 0.1) is 23.9 Å². The number of benzene rings is 1. The molecule has 0 radical (unpaired) electrons. The van der Waals surface area contributed by atoms with Gasteiger partial charge in [0.15, 0.2) is 0 Å². The third-order valence-electron chi connectivity index (χ3n) is 2.31. The van der Waals surface area contributed by atoms with Gasteiger partial charge in [0.2, 0.25) is 5.91 Å². The molecule has 0 saturated heterocycles. The van der Waals surface area contributed by atoms with Crippen LogP contribution in [0.5, 0.6) is 0 Å². The zero-order chi connectivity index (χ0) is 14.3. The summed E-state index contributed by atoms with van der Waals surface area (Å²) in [4.78, 5) is 22.6. The molecular weight excluding hydrogens is 317 g/mol. The minimum Gasteiger partial charge on any atom is -0.466 e. The highest BCUT2D eigenvalue weighted by Crippen LogP contribution is 2.17. The Labute approximate surface area is 119 Å². The lowest BCUT2D eigenvalue weighted by atomic mass is 10.1. The number of carbonyl (C=O) groups is 2. The molecule has 1 rings (SSSR count). The van der Waals surface area contributed by atoms with Crippen LogP contribution in [0.2, 0.25) is 0 Å². The number of ether oxygens (including phenoxy) is 1. The molecule has 0 unspecified atom stereocenters. The first-order valence-electron chi connectivity index (χ1n) is 5.89. The van der Waals surface area contributed by atoms with Crippen molar-refractivity contribution >= 4 is 27.8 Å². The van der Waals surface area contributed by atoms with E-state index < -0.39 is 0 Å². The van der Waals surface area contributed by atoms with Crippen LogP contribution in [-0.2, 0) is 20.7 Å². The molecule has 19 heavy (non-hydrogen) atoms. The van der Waals surface area contributed by atoms with Crippen LogP contribution in [0.4, 0.5) is 4.39 Å². The SMILES string of the molecule is CCOC(=O)CCNC(=O)Cc1ccc(F)c(Br)c1. The average Bonchev–Trinajstić information content (AvgIpc) is 2.34. The first-order chi connectivity index (χ1) is 9.02. The van der Waals surface area contributed by atoms with Crippen molar-refractivity contribution in [2.45, 2.75) is 19.8 Å². The number of amides is 1. The second-order valence-corrected chi connectivity index (χ2v) is 4.68. The number of rotatable bonds is 6. The van der Waals surface area contributed by atoms with E-state index in [1.54, 1.807) is 19.1 Å². The second kappa shape index (κ2) is 7.89. The monoisotopic (exact) mass is 331 g/mol. The van der Waals surface area contributed by atoms with E-state index in [1.165, 1.54) is 6.07 Å². The largest absolute Gasteiger partial charge is 0.466 e. The predicted octanol–water partition coefficient (Wildman–Crippen LogP) is 2.20. The van der Waals surface area contributed by atoms with Gasteiger partial charge >= 0.3 is 5.97 Å². The van der Waals surface area contributed by atoms with Crippen molar-refractivity contribution in [2.75, 3.05) is 13.2 Å². The molecule has 1 aromatic rings. The van der Waals surface area contributed by atoms with Gasteiger partial charge in [-0.15, -0.1) is 0 Å². The molecule has 0 bridgehead atoms. The second-order valence-electron chi connectivity index (χ2n) is 3.83. The fraction of sp³-hybridized carbons (Fsp3) is 0.385. The van der Waals surface area contributed by atoms with E-state index in [-0.39, 0.29) is 37.1 Å². The molecule has 0 fully saturated rings. The normalized spacial score (nSPS) is 10.1. The fourth-order valence-corrected chi connectivity index (χ4v) is 1.86. The lowest BCUT2D eigenvalue weighted by molar-refractivity contribution is -0.143. The molecule has 0 atom stereocenters. The molecule has 0 saturated carbocycles. The smallest absolute Gasteiger partial charge is 0.307 e. The topological polar surface area (TPSA) is 55.4 Å². The van der Waals surface area contributed by atoms with Crippen molar-refractivity contribution < 1.29 is 18.7 Å². The van der Waals surface area contributed by atoms with Crippen molar-refractivity contribution in [3.8, 4) is 0 Å². The highest BCUT2D eigenvalue weighted by molar-refractivity contribution is 9.10. The molecule has 4 nitrogen and oxygen atoms in total. The van der Waals surface area contributed by atoms with Crippen LogP contribution in [0.1, 0.15) is 18.9 Å². The van der Waals surface area contributed by atoms with Gasteiger partial charge in [-0.3, -0.25) is 9.59 Å². The molecular formula is C13H15BrFNO3. The third-order valence-corrected chi connectivity index (χ3v) is 2.91. The van der Waals surface area contributed by atoms with Crippen molar-refractivity contribution in [3.63, 3.8) is 0 Å². The van der Waals surface area contributed by atoms with E-state index in [2.05, 4.69) is 21.2 Å². The number of carbonyl (C=O) groups excluding carboxylic acids is 2. The maximum Gasteiger partial charge on any atom is 0.307 e. The van der Waals surface area contributed by atoms with Crippen LogP contribution in [0.3, 0.4) is 0 Å². The highest BCUT2D eigenvalue weighted by atomic mass is 79.9. The first kappa shape index (κ1) is 15.6. The lowest BCUT2D eigenvalue weighted by Crippen LogP contribution is -2.27. The Morgan fingerprint density at radius 1 is 1.42 bits per heavy atom. The van der Waals surface area contributed by atoms with Crippen LogP contribution in [0.15, 0.2) is 22.7 Å². The van der Waals surface area contributed by atoms with E-state index in [0.29, 0.717) is 16.6 Å². The summed E-state index contributed by atoms with van der Waals surface area (Å²) in [5.74, 6) is -0.929. The zero-order valence-corrected chi connectivity index (χ0v) is 12.1. The molecule has 0 aliphatic rings. The molecule has 104 valence electrons. The molecule has 6 heteroatoms. The van der Waals surface area contributed by atoms with E-state index in [0.717, 1.165) is 0 Å². The van der Waals surface area contributed by atoms with Gasteiger partial charge in [-0.25, -0.2) is 4.39 Å². The Morgan fingerprint density at radius 2 is 2.16 bits per heavy atom. The summed E-state index contributed by atoms with van der Waals surface area (Å²) in [5, 5.41) is 2.61. The summed E-state index contributed by atoms with van der Waals surface area (Å²) in [6.45, 7) is 2.29. The summed E-state index contributed by atoms with van der Waals surface area (Å²) in [6, 6.07) is 4.40. The maximum atomic E-state index is 13.0. The standard InChI is InChI=1S/C13H15BrFNO3/c1-2-19-13(18)5-6-16-12(17)8-9-3-4-11(15)10(14)7-9/h3-4,7H,2,5-6,8H2,1H3,(H,16,17). The molecule has 1 amide bonds. The molecule has 0 heterocycles. The predicted molar refractivity (Wildman–Crippen MR) is 72.1 cm³/mol. The molecule has 0 aliphatic heterocycles. The summed E-state index contributed by atoms with van der Waals surface area (Å²) in [7, 11) is 0. The summed E-state index contributed by atoms with van der Waals surface area (Å²) in [5.41, 5.74) is 0.696. The average molecular weight is 332 g/mol. The number of hydrogen-bond donors (Lipinski definition) is 1. The van der Waals surface area contributed by atoms with Crippen LogP contribution >= 0.6 is 15.9 Å². The summed E-state index contributed by atoms with van der Waals surface area (Å²) < 4.78 is 18.1. The van der Waals surface area contributed by atoms with E-state index in [1.807, 2.05) is 0 Å².